The number of amides is 2. The van der Waals surface area contributed by atoms with E-state index in [1.807, 2.05) is 59.2 Å². The number of benzene rings is 2. The lowest BCUT2D eigenvalue weighted by Crippen LogP contribution is -2.17. The van der Waals surface area contributed by atoms with Gasteiger partial charge in [-0.3, -0.25) is 9.59 Å². The molecule has 3 rings (SSSR count). The lowest BCUT2D eigenvalue weighted by molar-refractivity contribution is -0.117. The first-order chi connectivity index (χ1) is 11.6. The summed E-state index contributed by atoms with van der Waals surface area (Å²) in [7, 11) is 0. The molecule has 2 aromatic carbocycles. The molecule has 3 N–H and O–H groups in total. The van der Waals surface area contributed by atoms with Crippen molar-refractivity contribution < 1.29 is 9.59 Å². The molecule has 24 heavy (non-hydrogen) atoms. The molecule has 0 spiro atoms. The number of fused-ring (bicyclic) bond motifs is 1. The van der Waals surface area contributed by atoms with Crippen molar-refractivity contribution in [3.63, 3.8) is 0 Å². The maximum atomic E-state index is 11.7. The van der Waals surface area contributed by atoms with Crippen LogP contribution in [0.4, 0.5) is 5.82 Å². The van der Waals surface area contributed by atoms with E-state index in [0.29, 0.717) is 12.4 Å². The molecule has 1 heterocycles. The zero-order chi connectivity index (χ0) is 17.1. The average Bonchev–Trinajstić information content (AvgIpc) is 2.82. The van der Waals surface area contributed by atoms with Crippen LogP contribution >= 0.6 is 0 Å². The number of nitrogens with two attached hydrogens (primary N) is 1. The van der Waals surface area contributed by atoms with E-state index in [2.05, 4.69) is 5.32 Å². The van der Waals surface area contributed by atoms with Gasteiger partial charge >= 0.3 is 0 Å². The summed E-state index contributed by atoms with van der Waals surface area (Å²) in [6.07, 6.45) is 0.0813. The Morgan fingerprint density at radius 1 is 1.04 bits per heavy atom. The first kappa shape index (κ1) is 15.8. The molecule has 2 amide bonds. The quantitative estimate of drug-likeness (QED) is 0.758. The number of hydrogen-bond acceptors (Lipinski definition) is 2. The highest BCUT2D eigenvalue weighted by Gasteiger charge is 2.19. The molecule has 0 unspecified atom stereocenters. The summed E-state index contributed by atoms with van der Waals surface area (Å²) in [5.74, 6) is 0.0217. The van der Waals surface area contributed by atoms with E-state index in [4.69, 9.17) is 5.73 Å². The first-order valence-corrected chi connectivity index (χ1v) is 7.76. The van der Waals surface area contributed by atoms with Gasteiger partial charge in [-0.15, -0.1) is 0 Å². The maximum absolute atomic E-state index is 11.7. The highest BCUT2D eigenvalue weighted by Crippen LogP contribution is 2.31. The number of nitrogens with one attached hydrogen (secondary N) is 1. The summed E-state index contributed by atoms with van der Waals surface area (Å²) in [4.78, 5) is 23.2. The molecule has 5 heteroatoms. The van der Waals surface area contributed by atoms with Crippen LogP contribution in [-0.4, -0.2) is 16.4 Å². The van der Waals surface area contributed by atoms with Crippen LogP contribution < -0.4 is 11.1 Å². The molecule has 5 nitrogen and oxygen atoms in total. The third-order valence-corrected chi connectivity index (χ3v) is 3.90. The van der Waals surface area contributed by atoms with Crippen LogP contribution in [0, 0.1) is 0 Å². The number of nitrogens with zero attached hydrogens (tertiary/aromatic N) is 1. The van der Waals surface area contributed by atoms with Crippen LogP contribution in [0.25, 0.3) is 10.9 Å². The Morgan fingerprint density at radius 2 is 1.71 bits per heavy atom. The van der Waals surface area contributed by atoms with E-state index < -0.39 is 5.91 Å². The number of aromatic nitrogens is 1. The second-order valence-corrected chi connectivity index (χ2v) is 5.74. The number of para-hydroxylation sites is 1. The third kappa shape index (κ3) is 3.15. The molecule has 0 bridgehead atoms. The highest BCUT2D eigenvalue weighted by atomic mass is 16.1. The number of carbonyl (C=O) groups is 2. The highest BCUT2D eigenvalue weighted by molar-refractivity contribution is 5.99. The minimum Gasteiger partial charge on any atom is -0.369 e. The van der Waals surface area contributed by atoms with Crippen molar-refractivity contribution >= 4 is 28.5 Å². The maximum Gasteiger partial charge on any atom is 0.222 e. The fourth-order valence-electron chi connectivity index (χ4n) is 2.97. The van der Waals surface area contributed by atoms with Gasteiger partial charge in [-0.25, -0.2) is 0 Å². The number of anilines is 1. The summed E-state index contributed by atoms with van der Waals surface area (Å²) in [6.45, 7) is 2.05. The van der Waals surface area contributed by atoms with Gasteiger partial charge in [0.15, 0.2) is 0 Å². The van der Waals surface area contributed by atoms with Crippen LogP contribution in [0.1, 0.15) is 18.1 Å². The predicted octanol–water partition coefficient (Wildman–Crippen LogP) is 2.68. The SMILES string of the molecule is CC(=O)Nc1c(CC(N)=O)c2ccccc2n1Cc1ccccc1. The third-order valence-electron chi connectivity index (χ3n) is 3.90. The summed E-state index contributed by atoms with van der Waals surface area (Å²) in [5.41, 5.74) is 8.24. The van der Waals surface area contributed by atoms with Crippen LogP contribution in [0.15, 0.2) is 54.6 Å². The van der Waals surface area contributed by atoms with E-state index in [-0.39, 0.29) is 12.3 Å². The van der Waals surface area contributed by atoms with Crippen LogP contribution in [-0.2, 0) is 22.6 Å². The lowest BCUT2D eigenvalue weighted by atomic mass is 10.1. The van der Waals surface area contributed by atoms with Crippen LogP contribution in [0.3, 0.4) is 0 Å². The van der Waals surface area contributed by atoms with Gasteiger partial charge in [0.2, 0.25) is 11.8 Å². The molecule has 0 saturated carbocycles. The number of primary amides is 1. The zero-order valence-electron chi connectivity index (χ0n) is 13.5. The Bertz CT molecular complexity index is 898. The Hall–Kier alpha value is -3.08. The van der Waals surface area contributed by atoms with Crippen LogP contribution in [0.2, 0.25) is 0 Å². The average molecular weight is 321 g/mol. The molecule has 0 aliphatic rings. The van der Waals surface area contributed by atoms with E-state index in [9.17, 15) is 9.59 Å². The van der Waals surface area contributed by atoms with Gasteiger partial charge < -0.3 is 15.6 Å². The van der Waals surface area contributed by atoms with Crippen molar-refractivity contribution in [3.05, 3.63) is 65.7 Å². The largest absolute Gasteiger partial charge is 0.369 e. The lowest BCUT2D eigenvalue weighted by Gasteiger charge is -2.12. The molecule has 1 aromatic heterocycles. The first-order valence-electron chi connectivity index (χ1n) is 7.76. The van der Waals surface area contributed by atoms with Crippen LogP contribution in [0.5, 0.6) is 0 Å². The Kier molecular flexibility index (Phi) is 4.33. The fourth-order valence-corrected chi connectivity index (χ4v) is 2.97. The van der Waals surface area contributed by atoms with E-state index in [1.54, 1.807) is 0 Å². The molecule has 0 atom stereocenters. The van der Waals surface area contributed by atoms with Gasteiger partial charge in [0, 0.05) is 24.4 Å². The summed E-state index contributed by atoms with van der Waals surface area (Å²) in [6, 6.07) is 17.7. The number of hydrogen-bond donors (Lipinski definition) is 2. The zero-order valence-corrected chi connectivity index (χ0v) is 13.5. The Balaban J connectivity index is 2.21. The summed E-state index contributed by atoms with van der Waals surface area (Å²) < 4.78 is 2.02. The van der Waals surface area contributed by atoms with Gasteiger partial charge in [0.05, 0.1) is 11.9 Å². The van der Waals surface area contributed by atoms with Crippen molar-refractivity contribution in [2.24, 2.45) is 5.73 Å². The number of rotatable bonds is 5. The predicted molar refractivity (Wildman–Crippen MR) is 94.7 cm³/mol. The normalized spacial score (nSPS) is 10.7. The monoisotopic (exact) mass is 321 g/mol. The van der Waals surface area contributed by atoms with Crippen molar-refractivity contribution in [3.8, 4) is 0 Å². The molecule has 122 valence electrons. The second kappa shape index (κ2) is 6.58. The van der Waals surface area contributed by atoms with E-state index >= 15 is 0 Å². The molecule has 0 aliphatic heterocycles. The molecule has 0 aliphatic carbocycles. The number of carbonyl (C=O) groups excluding carboxylic acids is 2. The molecule has 0 radical (unpaired) electrons. The standard InChI is InChI=1S/C19H19N3O2/c1-13(23)21-19-16(11-18(20)24)15-9-5-6-10-17(15)22(19)12-14-7-3-2-4-8-14/h2-10H,11-12H2,1H3,(H2,20,24)(H,21,23). The van der Waals surface area contributed by atoms with Crippen molar-refractivity contribution in [2.45, 2.75) is 19.9 Å². The summed E-state index contributed by atoms with van der Waals surface area (Å²) in [5, 5.41) is 3.80. The minimum absolute atomic E-state index is 0.0813. The van der Waals surface area contributed by atoms with Gasteiger partial charge in [-0.05, 0) is 11.6 Å². The van der Waals surface area contributed by atoms with Gasteiger partial charge in [0.25, 0.3) is 0 Å². The Labute approximate surface area is 140 Å². The molecular weight excluding hydrogens is 302 g/mol. The van der Waals surface area contributed by atoms with Crippen molar-refractivity contribution in [1.29, 1.82) is 0 Å². The topological polar surface area (TPSA) is 77.1 Å². The minimum atomic E-state index is -0.427. The molecule has 0 fully saturated rings. The Morgan fingerprint density at radius 3 is 2.38 bits per heavy atom. The van der Waals surface area contributed by atoms with E-state index in [1.165, 1.54) is 6.92 Å². The van der Waals surface area contributed by atoms with Gasteiger partial charge in [-0.2, -0.15) is 0 Å². The smallest absolute Gasteiger partial charge is 0.222 e. The van der Waals surface area contributed by atoms with Gasteiger partial charge in [-0.1, -0.05) is 48.5 Å². The second-order valence-electron chi connectivity index (χ2n) is 5.74. The fraction of sp³-hybridized carbons (Fsp3) is 0.158. The molecule has 0 saturated heterocycles. The van der Waals surface area contributed by atoms with Crippen molar-refractivity contribution in [1.82, 2.24) is 4.57 Å². The molecular formula is C19H19N3O2. The van der Waals surface area contributed by atoms with E-state index in [0.717, 1.165) is 22.0 Å². The van der Waals surface area contributed by atoms with Crippen molar-refractivity contribution in [2.75, 3.05) is 5.32 Å². The summed E-state index contributed by atoms with van der Waals surface area (Å²) >= 11 is 0. The van der Waals surface area contributed by atoms with Gasteiger partial charge in [0.1, 0.15) is 5.82 Å². The molecule has 3 aromatic rings.